The molecule has 0 saturated carbocycles. The van der Waals surface area contributed by atoms with Crippen molar-refractivity contribution >= 4 is 35.1 Å². The Morgan fingerprint density at radius 1 is 1.10 bits per heavy atom. The first-order chi connectivity index (χ1) is 9.51. The molecule has 110 valence electrons. The van der Waals surface area contributed by atoms with E-state index in [1.807, 2.05) is 0 Å². The van der Waals surface area contributed by atoms with Gasteiger partial charge in [0, 0.05) is 0 Å². The molecule has 0 unspecified atom stereocenters. The fourth-order valence-electron chi connectivity index (χ4n) is 1.67. The van der Waals surface area contributed by atoms with Gasteiger partial charge in [-0.25, -0.2) is 0 Å². The summed E-state index contributed by atoms with van der Waals surface area (Å²) in [4.78, 5) is 23.7. The minimum absolute atomic E-state index is 0.0943. The van der Waals surface area contributed by atoms with Gasteiger partial charge >= 0.3 is 11.9 Å². The Morgan fingerprint density at radius 3 is 2.15 bits per heavy atom. The van der Waals surface area contributed by atoms with Gasteiger partial charge in [0.15, 0.2) is 5.92 Å². The normalized spacial score (nSPS) is 10.4. The van der Waals surface area contributed by atoms with Crippen molar-refractivity contribution in [3.05, 3.63) is 33.8 Å². The van der Waals surface area contributed by atoms with Crippen LogP contribution in [-0.2, 0) is 25.5 Å². The molecule has 6 heteroatoms. The highest BCUT2D eigenvalue weighted by molar-refractivity contribution is 6.42. The number of carbonyl (C=O) groups excluding carboxylic acids is 2. The number of benzene rings is 1. The average molecular weight is 319 g/mol. The van der Waals surface area contributed by atoms with Gasteiger partial charge < -0.3 is 9.47 Å². The van der Waals surface area contributed by atoms with Crippen molar-refractivity contribution in [3.63, 3.8) is 0 Å². The van der Waals surface area contributed by atoms with Crippen LogP contribution < -0.4 is 0 Å². The molecule has 0 atom stereocenters. The van der Waals surface area contributed by atoms with E-state index in [1.165, 1.54) is 0 Å². The molecule has 0 spiro atoms. The van der Waals surface area contributed by atoms with Crippen molar-refractivity contribution in [1.29, 1.82) is 0 Å². The summed E-state index contributed by atoms with van der Waals surface area (Å²) in [7, 11) is 0. The van der Waals surface area contributed by atoms with E-state index in [4.69, 9.17) is 32.7 Å². The van der Waals surface area contributed by atoms with E-state index >= 15 is 0 Å². The number of carbonyl (C=O) groups is 2. The van der Waals surface area contributed by atoms with Crippen LogP contribution >= 0.6 is 23.2 Å². The lowest BCUT2D eigenvalue weighted by molar-refractivity contribution is -0.161. The number of esters is 2. The zero-order chi connectivity index (χ0) is 15.1. The number of halogens is 2. The third kappa shape index (κ3) is 4.39. The van der Waals surface area contributed by atoms with Crippen LogP contribution in [0.3, 0.4) is 0 Å². The molecule has 1 aromatic carbocycles. The monoisotopic (exact) mass is 318 g/mol. The zero-order valence-corrected chi connectivity index (χ0v) is 12.8. The Labute approximate surface area is 128 Å². The minimum Gasteiger partial charge on any atom is -0.465 e. The molecule has 20 heavy (non-hydrogen) atoms. The Hall–Kier alpha value is -1.26. The summed E-state index contributed by atoms with van der Waals surface area (Å²) in [5.41, 5.74) is 0.602. The van der Waals surface area contributed by atoms with E-state index in [9.17, 15) is 9.59 Å². The molecule has 0 fully saturated rings. The Kier molecular flexibility index (Phi) is 6.82. The second-order valence-electron chi connectivity index (χ2n) is 3.97. The van der Waals surface area contributed by atoms with Gasteiger partial charge in [-0.15, -0.1) is 0 Å². The molecule has 1 rings (SSSR count). The molecule has 0 aromatic heterocycles. The molecule has 0 aliphatic rings. The third-order valence-corrected chi connectivity index (χ3v) is 3.46. The molecule has 4 nitrogen and oxygen atoms in total. The molecule has 1 aromatic rings. The second kappa shape index (κ2) is 8.12. The first-order valence-corrected chi connectivity index (χ1v) is 7.03. The van der Waals surface area contributed by atoms with Gasteiger partial charge in [0.25, 0.3) is 0 Å². The molecule has 0 heterocycles. The molecule has 0 aliphatic carbocycles. The van der Waals surface area contributed by atoms with E-state index in [2.05, 4.69) is 0 Å². The van der Waals surface area contributed by atoms with Gasteiger partial charge in [0.2, 0.25) is 0 Å². The van der Waals surface area contributed by atoms with Gasteiger partial charge in [-0.05, 0) is 31.9 Å². The summed E-state index contributed by atoms with van der Waals surface area (Å²) in [5.74, 6) is -2.28. The van der Waals surface area contributed by atoms with E-state index in [-0.39, 0.29) is 19.6 Å². The van der Waals surface area contributed by atoms with Crippen LogP contribution in [-0.4, -0.2) is 25.2 Å². The minimum atomic E-state index is -1.04. The van der Waals surface area contributed by atoms with Gasteiger partial charge in [-0.3, -0.25) is 9.59 Å². The maximum absolute atomic E-state index is 11.9. The predicted octanol–water partition coefficient (Wildman–Crippen LogP) is 3.28. The fourth-order valence-corrected chi connectivity index (χ4v) is 2.07. The van der Waals surface area contributed by atoms with Crippen LogP contribution in [0.25, 0.3) is 0 Å². The van der Waals surface area contributed by atoms with E-state index in [0.29, 0.717) is 15.6 Å². The highest BCUT2D eigenvalue weighted by atomic mass is 35.5. The topological polar surface area (TPSA) is 52.6 Å². The Balaban J connectivity index is 2.96. The lowest BCUT2D eigenvalue weighted by atomic mass is 9.99. The average Bonchev–Trinajstić information content (AvgIpc) is 2.40. The van der Waals surface area contributed by atoms with Crippen molar-refractivity contribution in [2.45, 2.75) is 20.3 Å². The van der Waals surface area contributed by atoms with E-state index in [1.54, 1.807) is 32.0 Å². The lowest BCUT2D eigenvalue weighted by Gasteiger charge is -2.15. The van der Waals surface area contributed by atoms with Gasteiger partial charge in [-0.1, -0.05) is 35.3 Å². The SMILES string of the molecule is CCOC(=O)C(Cc1cccc(Cl)c1Cl)C(=O)OCC. The number of hydrogen-bond acceptors (Lipinski definition) is 4. The van der Waals surface area contributed by atoms with E-state index < -0.39 is 17.9 Å². The molecular formula is C14H16Cl2O4. The summed E-state index contributed by atoms with van der Waals surface area (Å²) < 4.78 is 9.80. The third-order valence-electron chi connectivity index (χ3n) is 2.60. The first kappa shape index (κ1) is 16.8. The van der Waals surface area contributed by atoms with Gasteiger partial charge in [-0.2, -0.15) is 0 Å². The maximum atomic E-state index is 11.9. The summed E-state index contributed by atoms with van der Waals surface area (Å²) >= 11 is 12.0. The largest absolute Gasteiger partial charge is 0.465 e. The fraction of sp³-hybridized carbons (Fsp3) is 0.429. The van der Waals surface area contributed by atoms with Crippen molar-refractivity contribution in [3.8, 4) is 0 Å². The van der Waals surface area contributed by atoms with Crippen LogP contribution in [0.4, 0.5) is 0 Å². The molecule has 0 amide bonds. The van der Waals surface area contributed by atoms with Crippen LogP contribution in [0.5, 0.6) is 0 Å². The van der Waals surface area contributed by atoms with Crippen molar-refractivity contribution in [1.82, 2.24) is 0 Å². The highest BCUT2D eigenvalue weighted by Gasteiger charge is 2.30. The molecule has 0 radical (unpaired) electrons. The quantitative estimate of drug-likeness (QED) is 0.596. The van der Waals surface area contributed by atoms with Crippen molar-refractivity contribution < 1.29 is 19.1 Å². The number of hydrogen-bond donors (Lipinski definition) is 0. The summed E-state index contributed by atoms with van der Waals surface area (Å²) in [5, 5.41) is 0.698. The second-order valence-corrected chi connectivity index (χ2v) is 4.76. The van der Waals surface area contributed by atoms with Crippen molar-refractivity contribution in [2.24, 2.45) is 5.92 Å². The first-order valence-electron chi connectivity index (χ1n) is 6.27. The summed E-state index contributed by atoms with van der Waals surface area (Å²) in [6, 6.07) is 5.05. The molecule has 0 saturated heterocycles. The van der Waals surface area contributed by atoms with Crippen LogP contribution in [0, 0.1) is 5.92 Å². The highest BCUT2D eigenvalue weighted by Crippen LogP contribution is 2.28. The molecule has 0 bridgehead atoms. The van der Waals surface area contributed by atoms with Gasteiger partial charge in [0.1, 0.15) is 0 Å². The summed E-state index contributed by atoms with van der Waals surface area (Å²) in [6.07, 6.45) is 0.0943. The maximum Gasteiger partial charge on any atom is 0.320 e. The standard InChI is InChI=1S/C14H16Cl2O4/c1-3-19-13(17)10(14(18)20-4-2)8-9-6-5-7-11(15)12(9)16/h5-7,10H,3-4,8H2,1-2H3. The predicted molar refractivity (Wildman–Crippen MR) is 76.9 cm³/mol. The summed E-state index contributed by atoms with van der Waals surface area (Å²) in [6.45, 7) is 3.73. The van der Waals surface area contributed by atoms with Crippen molar-refractivity contribution in [2.75, 3.05) is 13.2 Å². The lowest BCUT2D eigenvalue weighted by Crippen LogP contribution is -2.30. The van der Waals surface area contributed by atoms with Gasteiger partial charge in [0.05, 0.1) is 23.3 Å². The van der Waals surface area contributed by atoms with Crippen LogP contribution in [0.2, 0.25) is 10.0 Å². The molecular weight excluding hydrogens is 303 g/mol. The molecule has 0 aliphatic heterocycles. The Morgan fingerprint density at radius 2 is 1.65 bits per heavy atom. The Bertz CT molecular complexity index is 470. The number of ether oxygens (including phenoxy) is 2. The van der Waals surface area contributed by atoms with Crippen LogP contribution in [0.1, 0.15) is 19.4 Å². The van der Waals surface area contributed by atoms with Crippen LogP contribution in [0.15, 0.2) is 18.2 Å². The zero-order valence-electron chi connectivity index (χ0n) is 11.3. The van der Waals surface area contributed by atoms with E-state index in [0.717, 1.165) is 0 Å². The smallest absolute Gasteiger partial charge is 0.320 e. The number of rotatable bonds is 6. The molecule has 0 N–H and O–H groups in total.